The molecule has 7 nitrogen and oxygen atoms in total. The molecule has 2 saturated heterocycles. The molecule has 4 rings (SSSR count). The van der Waals surface area contributed by atoms with E-state index in [1.54, 1.807) is 24.3 Å². The number of morpholine rings is 1. The monoisotopic (exact) mass is 471 g/mol. The van der Waals surface area contributed by atoms with Crippen molar-refractivity contribution in [3.8, 4) is 0 Å². The van der Waals surface area contributed by atoms with E-state index < -0.39 is 16.1 Å². The van der Waals surface area contributed by atoms with Crippen LogP contribution in [0.2, 0.25) is 0 Å². The second kappa shape index (κ2) is 10.3. The predicted octanol–water partition coefficient (Wildman–Crippen LogP) is 2.65. The van der Waals surface area contributed by atoms with E-state index in [4.69, 9.17) is 4.74 Å². The van der Waals surface area contributed by atoms with Crippen LogP contribution < -0.4 is 5.32 Å². The number of nitrogens with one attached hydrogen (secondary N) is 1. The lowest BCUT2D eigenvalue weighted by Crippen LogP contribution is -2.49. The minimum atomic E-state index is -3.72. The Bertz CT molecular complexity index is 1070. The van der Waals surface area contributed by atoms with Gasteiger partial charge in [-0.2, -0.15) is 4.31 Å². The second-order valence-corrected chi connectivity index (χ2v) is 10.8. The molecule has 178 valence electrons. The number of ether oxygens (including phenoxy) is 1. The van der Waals surface area contributed by atoms with Gasteiger partial charge in [-0.1, -0.05) is 47.5 Å². The van der Waals surface area contributed by atoms with Gasteiger partial charge >= 0.3 is 0 Å². The predicted molar refractivity (Wildman–Crippen MR) is 127 cm³/mol. The fourth-order valence-electron chi connectivity index (χ4n) is 4.67. The molecule has 2 heterocycles. The van der Waals surface area contributed by atoms with Gasteiger partial charge in [0.2, 0.25) is 15.9 Å². The number of hydrogen-bond donors (Lipinski definition) is 1. The molecule has 1 unspecified atom stereocenters. The smallest absolute Gasteiger partial charge is 0.243 e. The van der Waals surface area contributed by atoms with E-state index >= 15 is 0 Å². The van der Waals surface area contributed by atoms with Crippen molar-refractivity contribution in [2.75, 3.05) is 39.4 Å². The first kappa shape index (κ1) is 23.9. The molecule has 2 aliphatic rings. The van der Waals surface area contributed by atoms with Crippen molar-refractivity contribution in [1.82, 2.24) is 14.5 Å². The minimum Gasteiger partial charge on any atom is -0.379 e. The van der Waals surface area contributed by atoms with Gasteiger partial charge in [-0.15, -0.1) is 0 Å². The first-order valence-corrected chi connectivity index (χ1v) is 13.0. The van der Waals surface area contributed by atoms with Crippen molar-refractivity contribution in [1.29, 1.82) is 0 Å². The van der Waals surface area contributed by atoms with E-state index in [0.29, 0.717) is 39.1 Å². The van der Waals surface area contributed by atoms with Gasteiger partial charge in [0.25, 0.3) is 0 Å². The van der Waals surface area contributed by atoms with Crippen molar-refractivity contribution in [2.24, 2.45) is 0 Å². The molecule has 2 aromatic rings. The molecule has 1 amide bonds. The third-order valence-electron chi connectivity index (χ3n) is 6.52. The van der Waals surface area contributed by atoms with Crippen LogP contribution in [0.3, 0.4) is 0 Å². The maximum atomic E-state index is 13.2. The standard InChI is InChI=1S/C25H33N3O4S/c1-19-8-10-22(11-9-19)33(30,31)28-12-4-7-23(28)25(29)26-18-24(27-13-15-32-16-14-27)21-6-3-5-20(2)17-21/h3,5-6,8-11,17,23-24H,4,7,12-16,18H2,1-2H3,(H,26,29)/t23-,24?/m0/s1. The van der Waals surface area contributed by atoms with Gasteiger partial charge in [0.15, 0.2) is 0 Å². The van der Waals surface area contributed by atoms with Gasteiger partial charge in [0, 0.05) is 26.2 Å². The summed E-state index contributed by atoms with van der Waals surface area (Å²) in [5.41, 5.74) is 3.31. The zero-order valence-corrected chi connectivity index (χ0v) is 20.2. The van der Waals surface area contributed by atoms with Crippen LogP contribution in [-0.4, -0.2) is 69.0 Å². The van der Waals surface area contributed by atoms with Gasteiger partial charge in [-0.05, 0) is 44.4 Å². The van der Waals surface area contributed by atoms with Gasteiger partial charge < -0.3 is 10.1 Å². The zero-order chi connectivity index (χ0) is 23.4. The fraction of sp³-hybridized carbons (Fsp3) is 0.480. The van der Waals surface area contributed by atoms with Crippen LogP contribution in [0.5, 0.6) is 0 Å². The normalized spacial score (nSPS) is 21.1. The van der Waals surface area contributed by atoms with Crippen LogP contribution >= 0.6 is 0 Å². The summed E-state index contributed by atoms with van der Waals surface area (Å²) >= 11 is 0. The molecule has 0 bridgehead atoms. The Kier molecular flexibility index (Phi) is 7.48. The summed E-state index contributed by atoms with van der Waals surface area (Å²) in [4.78, 5) is 15.8. The topological polar surface area (TPSA) is 79.0 Å². The van der Waals surface area contributed by atoms with Gasteiger partial charge in [-0.3, -0.25) is 9.69 Å². The Morgan fingerprint density at radius 3 is 2.48 bits per heavy atom. The number of aryl methyl sites for hydroxylation is 2. The number of rotatable bonds is 7. The van der Waals surface area contributed by atoms with Crippen molar-refractivity contribution in [2.45, 2.75) is 43.7 Å². The number of carbonyl (C=O) groups excluding carboxylic acids is 1. The van der Waals surface area contributed by atoms with Crippen molar-refractivity contribution in [3.63, 3.8) is 0 Å². The molecule has 2 aliphatic heterocycles. The summed E-state index contributed by atoms with van der Waals surface area (Å²) in [6.07, 6.45) is 1.21. The number of carbonyl (C=O) groups is 1. The van der Waals surface area contributed by atoms with E-state index in [2.05, 4.69) is 35.3 Å². The first-order chi connectivity index (χ1) is 15.9. The SMILES string of the molecule is Cc1ccc(S(=O)(=O)N2CCC[C@H]2C(=O)NCC(c2cccc(C)c2)N2CCOCC2)cc1. The molecule has 33 heavy (non-hydrogen) atoms. The summed E-state index contributed by atoms with van der Waals surface area (Å²) < 4.78 is 33.3. The van der Waals surface area contributed by atoms with Crippen molar-refractivity contribution < 1.29 is 17.9 Å². The minimum absolute atomic E-state index is 0.0151. The first-order valence-electron chi connectivity index (χ1n) is 11.6. The van der Waals surface area contributed by atoms with Gasteiger partial charge in [-0.25, -0.2) is 8.42 Å². The number of amides is 1. The molecule has 2 fully saturated rings. The maximum Gasteiger partial charge on any atom is 0.243 e. The Labute approximate surface area is 196 Å². The van der Waals surface area contributed by atoms with E-state index in [9.17, 15) is 13.2 Å². The lowest BCUT2D eigenvalue weighted by molar-refractivity contribution is -0.124. The maximum absolute atomic E-state index is 13.2. The molecule has 0 aromatic heterocycles. The highest BCUT2D eigenvalue weighted by atomic mass is 32.2. The zero-order valence-electron chi connectivity index (χ0n) is 19.4. The van der Waals surface area contributed by atoms with E-state index in [1.165, 1.54) is 9.87 Å². The van der Waals surface area contributed by atoms with E-state index in [0.717, 1.165) is 24.2 Å². The van der Waals surface area contributed by atoms with Crippen LogP contribution in [0.15, 0.2) is 53.4 Å². The Morgan fingerprint density at radius 2 is 1.79 bits per heavy atom. The Balaban J connectivity index is 1.49. The average Bonchev–Trinajstić information content (AvgIpc) is 3.31. The highest BCUT2D eigenvalue weighted by molar-refractivity contribution is 7.89. The number of nitrogens with zero attached hydrogens (tertiary/aromatic N) is 2. The van der Waals surface area contributed by atoms with Crippen LogP contribution in [-0.2, 0) is 19.6 Å². The van der Waals surface area contributed by atoms with Crippen molar-refractivity contribution >= 4 is 15.9 Å². The second-order valence-electron chi connectivity index (χ2n) is 8.91. The number of sulfonamides is 1. The summed E-state index contributed by atoms with van der Waals surface area (Å²) in [6, 6.07) is 14.5. The highest BCUT2D eigenvalue weighted by Gasteiger charge is 2.39. The van der Waals surface area contributed by atoms with Crippen LogP contribution in [0.25, 0.3) is 0 Å². The van der Waals surface area contributed by atoms with Crippen molar-refractivity contribution in [3.05, 3.63) is 65.2 Å². The third kappa shape index (κ3) is 5.46. The average molecular weight is 472 g/mol. The fourth-order valence-corrected chi connectivity index (χ4v) is 6.33. The Morgan fingerprint density at radius 1 is 1.06 bits per heavy atom. The largest absolute Gasteiger partial charge is 0.379 e. The molecule has 0 radical (unpaired) electrons. The Hall–Kier alpha value is -2.26. The summed E-state index contributed by atoms with van der Waals surface area (Å²) in [5, 5.41) is 3.08. The summed E-state index contributed by atoms with van der Waals surface area (Å²) in [7, 11) is -3.72. The molecule has 2 aromatic carbocycles. The van der Waals surface area contributed by atoms with Crippen LogP contribution in [0, 0.1) is 13.8 Å². The molecule has 0 saturated carbocycles. The molecular formula is C25H33N3O4S. The molecule has 0 aliphatic carbocycles. The molecular weight excluding hydrogens is 438 g/mol. The lowest BCUT2D eigenvalue weighted by atomic mass is 10.0. The highest BCUT2D eigenvalue weighted by Crippen LogP contribution is 2.27. The molecule has 2 atom stereocenters. The summed E-state index contributed by atoms with van der Waals surface area (Å²) in [5.74, 6) is -0.228. The van der Waals surface area contributed by atoms with Crippen LogP contribution in [0.4, 0.5) is 0 Å². The number of benzene rings is 2. The van der Waals surface area contributed by atoms with Gasteiger partial charge in [0.05, 0.1) is 24.2 Å². The molecule has 0 spiro atoms. The van der Waals surface area contributed by atoms with E-state index in [1.807, 2.05) is 13.0 Å². The quantitative estimate of drug-likeness (QED) is 0.672. The van der Waals surface area contributed by atoms with Crippen LogP contribution in [0.1, 0.15) is 35.6 Å². The summed E-state index contributed by atoms with van der Waals surface area (Å²) in [6.45, 7) is 7.70. The molecule has 1 N–H and O–H groups in total. The third-order valence-corrected chi connectivity index (χ3v) is 8.44. The molecule has 8 heteroatoms. The lowest BCUT2D eigenvalue weighted by Gasteiger charge is -2.35. The number of hydrogen-bond acceptors (Lipinski definition) is 5. The van der Waals surface area contributed by atoms with Gasteiger partial charge in [0.1, 0.15) is 6.04 Å². The van der Waals surface area contributed by atoms with E-state index in [-0.39, 0.29) is 16.8 Å².